The van der Waals surface area contributed by atoms with E-state index in [-0.39, 0.29) is 29.5 Å². The zero-order chi connectivity index (χ0) is 43.6. The highest BCUT2D eigenvalue weighted by Gasteiger charge is 2.71. The second-order valence-electron chi connectivity index (χ2n) is 20.5. The molecule has 2 saturated heterocycles. The minimum atomic E-state index is -2.10. The van der Waals surface area contributed by atoms with E-state index in [0.717, 1.165) is 24.8 Å². The first-order valence-electron chi connectivity index (χ1n) is 20.9. The Hall–Kier alpha value is -2.58. The molecule has 332 valence electrons. The van der Waals surface area contributed by atoms with Crippen molar-refractivity contribution >= 4 is 23.7 Å². The van der Waals surface area contributed by atoms with Gasteiger partial charge in [-0.2, -0.15) is 0 Å². The lowest BCUT2D eigenvalue weighted by molar-refractivity contribution is -0.372. The highest BCUT2D eigenvalue weighted by atomic mass is 16.8. The van der Waals surface area contributed by atoms with Crippen LogP contribution in [0.4, 0.5) is 0 Å². The van der Waals surface area contributed by atoms with Crippen LogP contribution in [0.25, 0.3) is 0 Å². The third-order valence-electron chi connectivity index (χ3n) is 17.4. The molecule has 0 aromatic carbocycles. The molecule has 0 amide bonds. The molecule has 0 unspecified atom stereocenters. The first-order valence-corrected chi connectivity index (χ1v) is 20.9. The lowest BCUT2D eigenvalue weighted by Crippen LogP contribution is -2.69. The van der Waals surface area contributed by atoms with Crippen molar-refractivity contribution < 1.29 is 84.1 Å². The predicted molar refractivity (Wildman–Crippen MR) is 201 cm³/mol. The van der Waals surface area contributed by atoms with E-state index in [1.165, 1.54) is 0 Å². The van der Waals surface area contributed by atoms with Crippen LogP contribution >= 0.6 is 0 Å². The number of carboxylic acid groups (broad SMARTS) is 3. The fourth-order valence-electron chi connectivity index (χ4n) is 13.4. The minimum absolute atomic E-state index is 0.0119. The zero-order valence-corrected chi connectivity index (χ0v) is 34.5. The number of carboxylic acids is 3. The lowest BCUT2D eigenvalue weighted by Gasteiger charge is -2.70. The monoisotopic (exact) mass is 838 g/mol. The Morgan fingerprint density at radius 3 is 1.92 bits per heavy atom. The van der Waals surface area contributed by atoms with E-state index in [4.69, 9.17) is 18.9 Å². The van der Waals surface area contributed by atoms with Gasteiger partial charge in [-0.15, -0.1) is 0 Å². The Labute approximate surface area is 342 Å². The third-order valence-corrected chi connectivity index (χ3v) is 17.4. The maximum absolute atomic E-state index is 14.9. The molecule has 0 aromatic heterocycles. The molecule has 59 heavy (non-hydrogen) atoms. The molecule has 5 aliphatic carbocycles. The van der Waals surface area contributed by atoms with Crippen LogP contribution in [-0.2, 0) is 38.1 Å². The molecule has 20 atom stereocenters. The van der Waals surface area contributed by atoms with Crippen molar-refractivity contribution in [2.45, 2.75) is 167 Å². The van der Waals surface area contributed by atoms with Crippen LogP contribution in [0.5, 0.6) is 0 Å². The van der Waals surface area contributed by atoms with Crippen molar-refractivity contribution in [3.63, 3.8) is 0 Å². The summed E-state index contributed by atoms with van der Waals surface area (Å²) in [6.07, 6.45) is -13.8. The number of allylic oxidation sites excluding steroid dienone is 2. The van der Waals surface area contributed by atoms with Crippen LogP contribution in [0, 0.1) is 50.2 Å². The molecule has 0 radical (unpaired) electrons. The number of rotatable bonds is 8. The van der Waals surface area contributed by atoms with Crippen LogP contribution in [0.2, 0.25) is 0 Å². The molecule has 9 N–H and O–H groups in total. The van der Waals surface area contributed by atoms with Gasteiger partial charge in [0.05, 0.1) is 18.1 Å². The molecule has 17 nitrogen and oxygen atoms in total. The number of ether oxygens (including phenoxy) is 4. The van der Waals surface area contributed by atoms with Gasteiger partial charge < -0.3 is 64.9 Å². The van der Waals surface area contributed by atoms with Crippen molar-refractivity contribution in [2.24, 2.45) is 50.2 Å². The Morgan fingerprint density at radius 1 is 0.729 bits per heavy atom. The standard InChI is InChI=1S/C42H62O17/c1-37-11-12-38(2,36(54)55)16-19(37)18-15-20(44)31-39(3)9-8-22(40(4,17-43)21(39)7-10-42(31,6)41(18,5)14-13-37)56-35-30(26(48)25(47)29(58-35)33(52)53)59-34-27(49)23(45)24(46)28(57-34)32(50)51/h15,19,21-31,34-35,43,45-49H,7-14,16-17H2,1-6H3,(H,50,51)(H,52,53)(H,54,55)/t19-,21-,22+,23+,24+,25+,26+,27-,28+,29+,30-,31-,34+,35-,37-,38+,39+,40-,41-,42-/m1/s1. The molecular weight excluding hydrogens is 776 g/mol. The summed E-state index contributed by atoms with van der Waals surface area (Å²) in [4.78, 5) is 51.4. The number of ketones is 1. The molecule has 0 aromatic rings. The fraction of sp³-hybridized carbons (Fsp3) is 0.857. The summed E-state index contributed by atoms with van der Waals surface area (Å²) in [5, 5.41) is 94.3. The van der Waals surface area contributed by atoms with Crippen molar-refractivity contribution in [1.29, 1.82) is 0 Å². The molecule has 7 aliphatic rings. The van der Waals surface area contributed by atoms with Crippen LogP contribution in [0.3, 0.4) is 0 Å². The fourth-order valence-corrected chi connectivity index (χ4v) is 13.4. The quantitative estimate of drug-likeness (QED) is 0.155. The maximum Gasteiger partial charge on any atom is 0.335 e. The molecule has 2 heterocycles. The minimum Gasteiger partial charge on any atom is -0.481 e. The highest BCUT2D eigenvalue weighted by molar-refractivity contribution is 5.95. The summed E-state index contributed by atoms with van der Waals surface area (Å²) in [5.74, 6) is -5.02. The number of fused-ring (bicyclic) bond motifs is 7. The number of aliphatic carboxylic acids is 3. The maximum atomic E-state index is 14.9. The van der Waals surface area contributed by atoms with E-state index < -0.39 is 125 Å². The topological polar surface area (TPSA) is 287 Å². The van der Waals surface area contributed by atoms with Crippen LogP contribution in [0.1, 0.15) is 99.3 Å². The van der Waals surface area contributed by atoms with E-state index in [1.54, 1.807) is 0 Å². The summed E-state index contributed by atoms with van der Waals surface area (Å²) in [7, 11) is 0. The van der Waals surface area contributed by atoms with Gasteiger partial charge in [0.15, 0.2) is 30.6 Å². The van der Waals surface area contributed by atoms with Gasteiger partial charge in [0.25, 0.3) is 0 Å². The Kier molecular flexibility index (Phi) is 11.1. The average molecular weight is 839 g/mol. The predicted octanol–water partition coefficient (Wildman–Crippen LogP) is 1.22. The summed E-state index contributed by atoms with van der Waals surface area (Å²) < 4.78 is 23.2. The van der Waals surface area contributed by atoms with Gasteiger partial charge in [0, 0.05) is 11.3 Å². The van der Waals surface area contributed by atoms with Crippen LogP contribution < -0.4 is 0 Å². The lowest BCUT2D eigenvalue weighted by atomic mass is 9.33. The van der Waals surface area contributed by atoms with Crippen LogP contribution in [0.15, 0.2) is 11.6 Å². The van der Waals surface area contributed by atoms with Gasteiger partial charge in [-0.25, -0.2) is 9.59 Å². The molecule has 17 heteroatoms. The first-order chi connectivity index (χ1) is 27.3. The number of aliphatic hydroxyl groups is 6. The van der Waals surface area contributed by atoms with Gasteiger partial charge in [0.2, 0.25) is 0 Å². The normalized spacial score (nSPS) is 53.5. The molecule has 2 aliphatic heterocycles. The van der Waals surface area contributed by atoms with Gasteiger partial charge >= 0.3 is 17.9 Å². The van der Waals surface area contributed by atoms with Gasteiger partial charge in [-0.1, -0.05) is 40.2 Å². The van der Waals surface area contributed by atoms with Gasteiger partial charge in [-0.05, 0) is 104 Å². The van der Waals surface area contributed by atoms with E-state index >= 15 is 0 Å². The molecule has 7 rings (SSSR count). The van der Waals surface area contributed by atoms with Crippen molar-refractivity contribution in [3.05, 3.63) is 11.6 Å². The molecular formula is C42H62O17. The van der Waals surface area contributed by atoms with Crippen LogP contribution in [-0.4, -0.2) is 144 Å². The van der Waals surface area contributed by atoms with Crippen molar-refractivity contribution in [3.8, 4) is 0 Å². The molecule has 6 fully saturated rings. The Morgan fingerprint density at radius 2 is 1.32 bits per heavy atom. The summed E-state index contributed by atoms with van der Waals surface area (Å²) in [6.45, 7) is 12.0. The Balaban J connectivity index is 1.19. The smallest absolute Gasteiger partial charge is 0.335 e. The van der Waals surface area contributed by atoms with Crippen molar-refractivity contribution in [1.82, 2.24) is 0 Å². The summed E-state index contributed by atoms with van der Waals surface area (Å²) >= 11 is 0. The second kappa shape index (κ2) is 14.8. The SMILES string of the molecule is C[C@]1(C(=O)O)CC[C@]2(C)CC[C@]3(C)C(=CC(=O)[C@@H]4[C@@]5(C)CC[C@H](O[C@@H]6O[C@H](C(=O)O)[C@@H](O)[C@H](O)[C@H]6O[C@@H]6O[C@H](C(=O)O)[C@@H](O)[C@H](O)[C@H]6O)[C@](C)(CO)[C@@H]5CC[C@]43C)[C@H]2C1. The van der Waals surface area contributed by atoms with Crippen molar-refractivity contribution in [2.75, 3.05) is 6.61 Å². The average Bonchev–Trinajstić information content (AvgIpc) is 3.16. The van der Waals surface area contributed by atoms with E-state index in [2.05, 4.69) is 27.7 Å². The van der Waals surface area contributed by atoms with Gasteiger partial charge in [-0.3, -0.25) is 9.59 Å². The Bertz CT molecular complexity index is 1750. The van der Waals surface area contributed by atoms with E-state index in [0.29, 0.717) is 32.1 Å². The number of carbonyl (C=O) groups excluding carboxylic acids is 1. The van der Waals surface area contributed by atoms with E-state index in [9.17, 15) is 65.1 Å². The molecule has 0 bridgehead atoms. The number of aliphatic hydroxyl groups excluding tert-OH is 6. The molecule has 0 spiro atoms. The summed E-state index contributed by atoms with van der Waals surface area (Å²) in [5.41, 5.74) is -2.63. The second-order valence-corrected chi connectivity index (χ2v) is 20.5. The largest absolute Gasteiger partial charge is 0.481 e. The number of hydrogen-bond donors (Lipinski definition) is 9. The number of hydrogen-bond acceptors (Lipinski definition) is 14. The third kappa shape index (κ3) is 6.46. The van der Waals surface area contributed by atoms with E-state index in [1.807, 2.05) is 19.9 Å². The molecule has 4 saturated carbocycles. The number of carbonyl (C=O) groups is 4. The zero-order valence-electron chi connectivity index (χ0n) is 34.5. The summed E-state index contributed by atoms with van der Waals surface area (Å²) in [6, 6.07) is 0. The highest BCUT2D eigenvalue weighted by Crippen LogP contribution is 2.75. The van der Waals surface area contributed by atoms with Gasteiger partial charge in [0.1, 0.15) is 36.6 Å². The first kappa shape index (κ1) is 44.5.